The Hall–Kier alpha value is -9.21. The summed E-state index contributed by atoms with van der Waals surface area (Å²) in [5.74, 6) is 4.52. The number of fused-ring (bicyclic) bond motifs is 4. The summed E-state index contributed by atoms with van der Waals surface area (Å²) in [6.07, 6.45) is 4.82. The fourth-order valence-corrected chi connectivity index (χ4v) is 13.1. The normalized spacial score (nSPS) is 14.1. The van der Waals surface area contributed by atoms with Crippen LogP contribution in [0, 0.1) is 25.2 Å². The molecule has 0 saturated heterocycles. The van der Waals surface area contributed by atoms with Crippen LogP contribution in [0.4, 0.5) is 0 Å². The SMILES string of the molecule is COc1ccc(-c2ccc3c(c2)C(=C=c2c4cc(-c5ccc(OC)cc5)ccc4c(=C4C(C)=C[C+](C(C)(C)C)C=C4C)c4ccc(-c5ccc(OC)cc5)cc24)c2cc(-c4ccc(OC)cc4)ccc2C3c2c(C)cc(C(C)(C)C)cc2C)cc1. The van der Waals surface area contributed by atoms with Crippen molar-refractivity contribution in [3.8, 4) is 67.5 Å². The van der Waals surface area contributed by atoms with Crippen molar-refractivity contribution in [2.24, 2.45) is 5.41 Å². The monoisotopic (exact) mass is 1110 g/mol. The van der Waals surface area contributed by atoms with E-state index >= 15 is 0 Å². The van der Waals surface area contributed by atoms with Crippen molar-refractivity contribution < 1.29 is 18.9 Å². The average molecular weight is 1110 g/mol. The first-order valence-electron chi connectivity index (χ1n) is 29.6. The third-order valence-electron chi connectivity index (χ3n) is 17.7. The molecule has 0 aliphatic heterocycles. The lowest BCUT2D eigenvalue weighted by Gasteiger charge is -2.34. The lowest BCUT2D eigenvalue weighted by atomic mass is 9.69. The summed E-state index contributed by atoms with van der Waals surface area (Å²) in [5, 5.41) is 6.80. The Balaban J connectivity index is 1.31. The molecule has 2 aliphatic carbocycles. The van der Waals surface area contributed by atoms with Gasteiger partial charge >= 0.3 is 0 Å². The maximum absolute atomic E-state index is 5.69. The summed E-state index contributed by atoms with van der Waals surface area (Å²) in [6, 6.07) is 67.1. The molecular formula is C81H75O4+. The van der Waals surface area contributed by atoms with Gasteiger partial charge in [0.15, 0.2) is 0 Å². The molecule has 422 valence electrons. The zero-order valence-corrected chi connectivity index (χ0v) is 51.7. The molecule has 0 aromatic heterocycles. The number of hydrogen-bond acceptors (Lipinski definition) is 4. The molecule has 0 fully saturated rings. The van der Waals surface area contributed by atoms with E-state index in [0.717, 1.165) is 111 Å². The highest BCUT2D eigenvalue weighted by Gasteiger charge is 2.35. The smallest absolute Gasteiger partial charge is 0.118 e. The molecule has 0 bridgehead atoms. The highest BCUT2D eigenvalue weighted by atomic mass is 16.5. The lowest BCUT2D eigenvalue weighted by Crippen LogP contribution is -2.22. The predicted octanol–water partition coefficient (Wildman–Crippen LogP) is 19.3. The van der Waals surface area contributed by atoms with Crippen LogP contribution in [0.15, 0.2) is 205 Å². The molecule has 10 aromatic rings. The van der Waals surface area contributed by atoms with Gasteiger partial charge in [-0.25, -0.2) is 0 Å². The Morgan fingerprint density at radius 1 is 0.388 bits per heavy atom. The number of methoxy groups -OCH3 is 4. The maximum Gasteiger partial charge on any atom is 0.118 e. The predicted molar refractivity (Wildman–Crippen MR) is 357 cm³/mol. The standard InChI is InChI=1S/C81H75O4/c1-48-39-60(80(5,6)7)40-49(2)76(48)78-66-35-23-56(52-15-27-62(82-11)28-16-52)43-70(66)74(71-44-57(24-36-67(71)78)53-17-29-63(83-12)30-18-53)47-75-72-45-58(54-19-31-64(84-13)32-20-54)25-37-68(72)79(77-50(3)41-61(42-51(77)4)81(8,9)10)69-38-26-59(46-73(69)75)55-21-33-65(85-14)34-22-55/h15-46,78H,1-14H3/q+1. The molecule has 0 N–H and O–H groups in total. The van der Waals surface area contributed by atoms with Crippen LogP contribution in [0.1, 0.15) is 106 Å². The lowest BCUT2D eigenvalue weighted by molar-refractivity contribution is 0.415. The zero-order valence-electron chi connectivity index (χ0n) is 51.7. The van der Waals surface area contributed by atoms with Crippen LogP contribution >= 0.6 is 0 Å². The van der Waals surface area contributed by atoms with Crippen molar-refractivity contribution in [3.63, 3.8) is 0 Å². The number of rotatable bonds is 9. The van der Waals surface area contributed by atoms with Crippen LogP contribution in [-0.4, -0.2) is 28.4 Å². The molecule has 0 radical (unpaired) electrons. The topological polar surface area (TPSA) is 36.9 Å². The maximum atomic E-state index is 5.69. The zero-order chi connectivity index (χ0) is 59.6. The van der Waals surface area contributed by atoms with E-state index in [1.165, 1.54) is 61.2 Å². The first-order chi connectivity index (χ1) is 40.8. The summed E-state index contributed by atoms with van der Waals surface area (Å²) in [4.78, 5) is 0. The molecule has 0 saturated carbocycles. The van der Waals surface area contributed by atoms with E-state index in [1.807, 2.05) is 0 Å². The van der Waals surface area contributed by atoms with Gasteiger partial charge in [0.1, 0.15) is 23.0 Å². The van der Waals surface area contributed by atoms with E-state index in [1.54, 1.807) is 28.4 Å². The summed E-state index contributed by atoms with van der Waals surface area (Å²) >= 11 is 0. The van der Waals surface area contributed by atoms with Gasteiger partial charge in [0.05, 0.1) is 63.2 Å². The second kappa shape index (κ2) is 22.1. The van der Waals surface area contributed by atoms with Gasteiger partial charge < -0.3 is 18.9 Å². The van der Waals surface area contributed by atoms with Crippen molar-refractivity contribution in [2.45, 2.75) is 80.6 Å². The van der Waals surface area contributed by atoms with Gasteiger partial charge in [0.2, 0.25) is 0 Å². The van der Waals surface area contributed by atoms with Crippen molar-refractivity contribution in [2.75, 3.05) is 28.4 Å². The Labute approximate surface area is 502 Å². The number of benzene rings is 10. The number of ether oxygens (including phenoxy) is 4. The molecule has 85 heavy (non-hydrogen) atoms. The molecule has 4 heteroatoms. The van der Waals surface area contributed by atoms with Crippen molar-refractivity contribution in [1.29, 1.82) is 0 Å². The van der Waals surface area contributed by atoms with E-state index in [-0.39, 0.29) is 16.7 Å². The van der Waals surface area contributed by atoms with Crippen molar-refractivity contribution in [1.82, 2.24) is 0 Å². The molecule has 10 aromatic carbocycles. The second-order valence-corrected chi connectivity index (χ2v) is 25.2. The number of allylic oxidation sites excluding steroid dienone is 4. The minimum Gasteiger partial charge on any atom is -0.497 e. The number of aryl methyl sites for hydroxylation is 2. The van der Waals surface area contributed by atoms with Gasteiger partial charge in [-0.3, -0.25) is 0 Å². The molecule has 4 nitrogen and oxygen atoms in total. The third-order valence-corrected chi connectivity index (χ3v) is 17.7. The largest absolute Gasteiger partial charge is 0.497 e. The van der Waals surface area contributed by atoms with Crippen molar-refractivity contribution in [3.05, 3.63) is 266 Å². The number of hydrogen-bond donors (Lipinski definition) is 0. The van der Waals surface area contributed by atoms with E-state index in [4.69, 9.17) is 18.9 Å². The second-order valence-electron chi connectivity index (χ2n) is 25.2. The van der Waals surface area contributed by atoms with Crippen LogP contribution in [0.3, 0.4) is 0 Å². The Bertz CT molecular complexity index is 4250. The molecule has 0 heterocycles. The summed E-state index contributed by atoms with van der Waals surface area (Å²) in [6.45, 7) is 23.1. The highest BCUT2D eigenvalue weighted by Crippen LogP contribution is 2.50. The summed E-state index contributed by atoms with van der Waals surface area (Å²) in [7, 11) is 6.89. The minimum atomic E-state index is -0.0827. The van der Waals surface area contributed by atoms with E-state index in [2.05, 4.69) is 269 Å². The fourth-order valence-electron chi connectivity index (χ4n) is 13.1. The first kappa shape index (κ1) is 56.3. The molecule has 0 atom stereocenters. The van der Waals surface area contributed by atoms with Crippen LogP contribution in [0.2, 0.25) is 0 Å². The summed E-state index contributed by atoms with van der Waals surface area (Å²) < 4.78 is 22.8. The van der Waals surface area contributed by atoms with E-state index in [0.29, 0.717) is 0 Å². The van der Waals surface area contributed by atoms with Crippen molar-refractivity contribution >= 4 is 38.4 Å². The quantitative estimate of drug-likeness (QED) is 0.107. The average Bonchev–Trinajstić information content (AvgIpc) is 1.04. The Morgan fingerprint density at radius 2 is 0.729 bits per heavy atom. The highest BCUT2D eigenvalue weighted by molar-refractivity contribution is 6.08. The van der Waals surface area contributed by atoms with Crippen LogP contribution in [0.25, 0.3) is 82.9 Å². The van der Waals surface area contributed by atoms with Crippen LogP contribution in [0.5, 0.6) is 23.0 Å². The fraction of sp³-hybridized carbons (Fsp3) is 0.210. The first-order valence-corrected chi connectivity index (χ1v) is 29.6. The van der Waals surface area contributed by atoms with Crippen LogP contribution in [-0.2, 0) is 5.41 Å². The van der Waals surface area contributed by atoms with Gasteiger partial charge in [0, 0.05) is 41.2 Å². The Kier molecular flexibility index (Phi) is 14.6. The molecule has 2 aliphatic rings. The summed E-state index contributed by atoms with van der Waals surface area (Å²) in [5.41, 5.74) is 28.1. The van der Waals surface area contributed by atoms with Gasteiger partial charge in [-0.1, -0.05) is 130 Å². The molecular weight excluding hydrogens is 1040 g/mol. The molecule has 0 unspecified atom stereocenters. The van der Waals surface area contributed by atoms with E-state index in [9.17, 15) is 0 Å². The van der Waals surface area contributed by atoms with Gasteiger partial charge in [-0.05, 0) is 223 Å². The molecule has 0 amide bonds. The molecule has 0 spiro atoms. The van der Waals surface area contributed by atoms with Gasteiger partial charge in [-0.15, -0.1) is 5.73 Å². The minimum absolute atomic E-state index is 0.0172. The third kappa shape index (κ3) is 10.4. The van der Waals surface area contributed by atoms with E-state index < -0.39 is 0 Å². The Morgan fingerprint density at radius 3 is 1.07 bits per heavy atom. The molecule has 12 rings (SSSR count). The van der Waals surface area contributed by atoms with Gasteiger partial charge in [0.25, 0.3) is 0 Å². The van der Waals surface area contributed by atoms with Crippen LogP contribution < -0.4 is 29.4 Å². The van der Waals surface area contributed by atoms with Gasteiger partial charge in [-0.2, -0.15) is 0 Å².